The number of benzene rings is 2. The predicted octanol–water partition coefficient (Wildman–Crippen LogP) is 3.30. The minimum absolute atomic E-state index is 0.0101. The number of aliphatic carboxylic acids is 1. The molecule has 1 saturated carbocycles. The van der Waals surface area contributed by atoms with Gasteiger partial charge in [0.15, 0.2) is 0 Å². The van der Waals surface area contributed by atoms with Crippen LogP contribution in [0.5, 0.6) is 0 Å². The number of nitrogens with one attached hydrogen (secondary N) is 2. The zero-order valence-corrected chi connectivity index (χ0v) is 19.2. The number of hydrogen-bond acceptors (Lipinski definition) is 5. The third-order valence-corrected chi connectivity index (χ3v) is 6.63. The number of carbonyl (C=O) groups is 3. The summed E-state index contributed by atoms with van der Waals surface area (Å²) >= 11 is 0. The van der Waals surface area contributed by atoms with Crippen LogP contribution in [0.25, 0.3) is 11.1 Å². The summed E-state index contributed by atoms with van der Waals surface area (Å²) in [6.45, 7) is 0.674. The second kappa shape index (κ2) is 10.7. The highest BCUT2D eigenvalue weighted by molar-refractivity contribution is 5.85. The van der Waals surface area contributed by atoms with E-state index < -0.39 is 18.1 Å². The minimum Gasteiger partial charge on any atom is -0.480 e. The van der Waals surface area contributed by atoms with Crippen molar-refractivity contribution in [2.75, 3.05) is 20.3 Å². The molecule has 2 aromatic carbocycles. The first-order valence-electron chi connectivity index (χ1n) is 11.6. The number of alkyl carbamates (subject to hydrolysis) is 1. The first-order chi connectivity index (χ1) is 16.5. The van der Waals surface area contributed by atoms with E-state index in [0.29, 0.717) is 32.3 Å². The van der Waals surface area contributed by atoms with Gasteiger partial charge in [0, 0.05) is 31.6 Å². The fraction of sp³-hybridized carbons (Fsp3) is 0.423. The number of fused-ring (bicyclic) bond motifs is 3. The van der Waals surface area contributed by atoms with Crippen LogP contribution in [0.3, 0.4) is 0 Å². The molecule has 0 heterocycles. The topological polar surface area (TPSA) is 114 Å². The van der Waals surface area contributed by atoms with Gasteiger partial charge in [-0.25, -0.2) is 9.59 Å². The predicted molar refractivity (Wildman–Crippen MR) is 125 cm³/mol. The highest BCUT2D eigenvalue weighted by atomic mass is 16.5. The van der Waals surface area contributed by atoms with Crippen LogP contribution in [0.2, 0.25) is 0 Å². The van der Waals surface area contributed by atoms with Crippen molar-refractivity contribution in [1.82, 2.24) is 10.6 Å². The Labute approximate surface area is 198 Å². The second-order valence-corrected chi connectivity index (χ2v) is 8.87. The Morgan fingerprint density at radius 3 is 2.24 bits per heavy atom. The first-order valence-corrected chi connectivity index (χ1v) is 11.6. The Kier molecular flexibility index (Phi) is 7.47. The van der Waals surface area contributed by atoms with Gasteiger partial charge in [-0.2, -0.15) is 0 Å². The number of hydrogen-bond donors (Lipinski definition) is 3. The largest absolute Gasteiger partial charge is 0.480 e. The maximum Gasteiger partial charge on any atom is 0.407 e. The number of carbonyl (C=O) groups excluding carboxylic acids is 2. The van der Waals surface area contributed by atoms with Crippen LogP contribution in [-0.4, -0.2) is 55.5 Å². The van der Waals surface area contributed by atoms with Gasteiger partial charge in [0.05, 0.1) is 0 Å². The number of rotatable bonds is 10. The first kappa shape index (κ1) is 23.8. The molecule has 0 radical (unpaired) electrons. The van der Waals surface area contributed by atoms with Crippen LogP contribution in [0.1, 0.15) is 42.7 Å². The summed E-state index contributed by atoms with van der Waals surface area (Å²) in [5, 5.41) is 14.7. The lowest BCUT2D eigenvalue weighted by molar-refractivity contribution is -0.143. The average molecular weight is 467 g/mol. The van der Waals surface area contributed by atoms with Gasteiger partial charge in [0.1, 0.15) is 12.6 Å². The molecule has 3 N–H and O–H groups in total. The number of carboxylic acids is 1. The summed E-state index contributed by atoms with van der Waals surface area (Å²) in [5.41, 5.74) is 4.63. The molecule has 2 aliphatic carbocycles. The van der Waals surface area contributed by atoms with Gasteiger partial charge in [0.2, 0.25) is 5.91 Å². The molecular weight excluding hydrogens is 436 g/mol. The van der Waals surface area contributed by atoms with Crippen LogP contribution < -0.4 is 10.6 Å². The fourth-order valence-electron chi connectivity index (χ4n) is 4.74. The fourth-order valence-corrected chi connectivity index (χ4v) is 4.74. The summed E-state index contributed by atoms with van der Waals surface area (Å²) in [6, 6.07) is 15.2. The molecule has 1 unspecified atom stereocenters. The number of carboxylic acid groups (broad SMARTS) is 1. The molecule has 34 heavy (non-hydrogen) atoms. The third-order valence-electron chi connectivity index (χ3n) is 6.63. The molecule has 2 amide bonds. The van der Waals surface area contributed by atoms with Crippen molar-refractivity contribution >= 4 is 18.0 Å². The van der Waals surface area contributed by atoms with Crippen molar-refractivity contribution in [3.8, 4) is 11.1 Å². The van der Waals surface area contributed by atoms with Crippen LogP contribution in [0, 0.1) is 5.92 Å². The van der Waals surface area contributed by atoms with E-state index in [1.807, 2.05) is 24.3 Å². The standard InChI is InChI=1S/C26H30N2O6/c1-33-12-6-11-23(25(30)31)28-24(29)16-13-17(14-16)27-26(32)34-15-22-20-9-4-2-7-18(20)19-8-3-5-10-21(19)22/h2-5,7-10,16-17,22-23H,6,11-15H2,1H3,(H,27,32)(H,28,29)(H,30,31). The molecule has 1 fully saturated rings. The molecule has 0 saturated heterocycles. The van der Waals surface area contributed by atoms with E-state index in [1.54, 1.807) is 7.11 Å². The zero-order valence-electron chi connectivity index (χ0n) is 19.2. The van der Waals surface area contributed by atoms with Gasteiger partial charge in [-0.05, 0) is 47.9 Å². The number of ether oxygens (including phenoxy) is 2. The molecule has 8 nitrogen and oxygen atoms in total. The summed E-state index contributed by atoms with van der Waals surface area (Å²) in [5.74, 6) is -1.68. The molecule has 0 spiro atoms. The number of amides is 2. The summed E-state index contributed by atoms with van der Waals surface area (Å²) in [6.07, 6.45) is 1.27. The van der Waals surface area contributed by atoms with E-state index in [2.05, 4.69) is 34.9 Å². The summed E-state index contributed by atoms with van der Waals surface area (Å²) in [7, 11) is 1.55. The minimum atomic E-state index is -1.06. The zero-order chi connectivity index (χ0) is 24.1. The van der Waals surface area contributed by atoms with Crippen molar-refractivity contribution in [3.05, 3.63) is 59.7 Å². The Bertz CT molecular complexity index is 1000. The van der Waals surface area contributed by atoms with Crippen molar-refractivity contribution in [3.63, 3.8) is 0 Å². The molecule has 2 aliphatic rings. The van der Waals surface area contributed by atoms with Gasteiger partial charge < -0.3 is 25.2 Å². The number of methoxy groups -OCH3 is 1. The van der Waals surface area contributed by atoms with Gasteiger partial charge in [-0.15, -0.1) is 0 Å². The lowest BCUT2D eigenvalue weighted by Gasteiger charge is -2.35. The van der Waals surface area contributed by atoms with Crippen molar-refractivity contribution < 1.29 is 29.0 Å². The molecule has 0 aromatic heterocycles. The van der Waals surface area contributed by atoms with Crippen LogP contribution in [0.15, 0.2) is 48.5 Å². The maximum absolute atomic E-state index is 12.4. The van der Waals surface area contributed by atoms with Gasteiger partial charge in [0.25, 0.3) is 0 Å². The lowest BCUT2D eigenvalue weighted by atomic mass is 9.79. The van der Waals surface area contributed by atoms with Crippen molar-refractivity contribution in [1.29, 1.82) is 0 Å². The Morgan fingerprint density at radius 1 is 1.03 bits per heavy atom. The summed E-state index contributed by atoms with van der Waals surface area (Å²) < 4.78 is 10.5. The highest BCUT2D eigenvalue weighted by Gasteiger charge is 2.37. The third kappa shape index (κ3) is 5.22. The Morgan fingerprint density at radius 2 is 1.65 bits per heavy atom. The molecule has 2 aromatic rings. The molecule has 1 atom stereocenters. The van der Waals surface area contributed by atoms with Gasteiger partial charge in [-0.1, -0.05) is 48.5 Å². The molecule has 0 aliphatic heterocycles. The average Bonchev–Trinajstić information content (AvgIpc) is 3.12. The Hall–Kier alpha value is -3.39. The Balaban J connectivity index is 1.23. The van der Waals surface area contributed by atoms with Crippen LogP contribution >= 0.6 is 0 Å². The monoisotopic (exact) mass is 466 g/mol. The maximum atomic E-state index is 12.4. The van der Waals surface area contributed by atoms with Crippen molar-refractivity contribution in [2.24, 2.45) is 5.92 Å². The van der Waals surface area contributed by atoms with Gasteiger partial charge >= 0.3 is 12.1 Å². The van der Waals surface area contributed by atoms with E-state index in [9.17, 15) is 19.5 Å². The van der Waals surface area contributed by atoms with E-state index in [0.717, 1.165) is 11.1 Å². The molecule has 0 bridgehead atoms. The van der Waals surface area contributed by atoms with E-state index >= 15 is 0 Å². The van der Waals surface area contributed by atoms with E-state index in [1.165, 1.54) is 11.1 Å². The molecule has 180 valence electrons. The molecule has 4 rings (SSSR count). The normalized spacial score (nSPS) is 19.3. The molecular formula is C26H30N2O6. The van der Waals surface area contributed by atoms with Gasteiger partial charge in [-0.3, -0.25) is 4.79 Å². The van der Waals surface area contributed by atoms with Crippen LogP contribution in [0.4, 0.5) is 4.79 Å². The van der Waals surface area contributed by atoms with E-state index in [4.69, 9.17) is 9.47 Å². The SMILES string of the molecule is COCCCC(NC(=O)C1CC(NC(=O)OCC2c3ccccc3-c3ccccc32)C1)C(=O)O. The second-order valence-electron chi connectivity index (χ2n) is 8.87. The highest BCUT2D eigenvalue weighted by Crippen LogP contribution is 2.44. The molecule has 8 heteroatoms. The van der Waals surface area contributed by atoms with Crippen LogP contribution in [-0.2, 0) is 19.1 Å². The smallest absolute Gasteiger partial charge is 0.407 e. The van der Waals surface area contributed by atoms with E-state index in [-0.39, 0.29) is 30.4 Å². The van der Waals surface area contributed by atoms with Crippen molar-refractivity contribution in [2.45, 2.75) is 43.7 Å². The summed E-state index contributed by atoms with van der Waals surface area (Å²) in [4.78, 5) is 36.2. The lowest BCUT2D eigenvalue weighted by Crippen LogP contribution is -2.52. The quantitative estimate of drug-likeness (QED) is 0.463.